The van der Waals surface area contributed by atoms with Crippen LogP contribution in [0.4, 0.5) is 0 Å². The van der Waals surface area contributed by atoms with E-state index in [4.69, 9.17) is 14.7 Å². The summed E-state index contributed by atoms with van der Waals surface area (Å²) in [5.41, 5.74) is 0.515. The van der Waals surface area contributed by atoms with E-state index in [0.717, 1.165) is 12.0 Å². The quantitative estimate of drug-likeness (QED) is 0.562. The topological polar surface area (TPSA) is 66.0 Å². The molecule has 0 heterocycles. The molecule has 0 N–H and O–H groups in total. The van der Waals surface area contributed by atoms with Crippen LogP contribution in [0.15, 0.2) is 24.3 Å². The Bertz CT molecular complexity index is 499. The number of rotatable bonds is 7. The van der Waals surface area contributed by atoms with Gasteiger partial charge < -0.3 is 9.47 Å². The molecule has 0 saturated carbocycles. The molecule has 1 rings (SSSR count). The highest BCUT2D eigenvalue weighted by atomic mass is 16.7. The van der Waals surface area contributed by atoms with Gasteiger partial charge in [-0.2, -0.15) is 10.5 Å². The Morgan fingerprint density at radius 3 is 2.40 bits per heavy atom. The van der Waals surface area contributed by atoms with Crippen molar-refractivity contribution < 1.29 is 9.47 Å². The van der Waals surface area contributed by atoms with Gasteiger partial charge in [0.15, 0.2) is 6.29 Å². The van der Waals surface area contributed by atoms with Crippen molar-refractivity contribution in [2.75, 3.05) is 6.61 Å². The summed E-state index contributed by atoms with van der Waals surface area (Å²) < 4.78 is 10.9. The molecule has 2 unspecified atom stereocenters. The first-order valence-electron chi connectivity index (χ1n) is 6.72. The number of ether oxygens (including phenoxy) is 2. The molecule has 1 aromatic rings. The standard InChI is InChI=1S/C16H20N2O2/c1-4-16(3,12-18)14-6-8-15(9-7-14)20-13(2)19-11-5-10-17/h6-9,13H,4-5,11H2,1-3H3. The third-order valence-electron chi connectivity index (χ3n) is 3.31. The van der Waals surface area contributed by atoms with E-state index in [1.165, 1.54) is 0 Å². The maximum atomic E-state index is 9.25. The lowest BCUT2D eigenvalue weighted by Gasteiger charge is -2.20. The van der Waals surface area contributed by atoms with E-state index in [-0.39, 0.29) is 0 Å². The van der Waals surface area contributed by atoms with Gasteiger partial charge in [-0.1, -0.05) is 19.1 Å². The van der Waals surface area contributed by atoms with Crippen LogP contribution >= 0.6 is 0 Å². The van der Waals surface area contributed by atoms with Crippen LogP contribution in [0, 0.1) is 22.7 Å². The van der Waals surface area contributed by atoms with E-state index in [9.17, 15) is 5.26 Å². The molecule has 0 saturated heterocycles. The van der Waals surface area contributed by atoms with E-state index in [0.29, 0.717) is 18.8 Å². The molecular formula is C16H20N2O2. The molecule has 0 aromatic heterocycles. The summed E-state index contributed by atoms with van der Waals surface area (Å²) in [4.78, 5) is 0. The van der Waals surface area contributed by atoms with Crippen LogP contribution in [0.2, 0.25) is 0 Å². The SMILES string of the molecule is CCC(C)(C#N)c1ccc(OC(C)OCCC#N)cc1. The fraction of sp³-hybridized carbons (Fsp3) is 0.500. The highest BCUT2D eigenvalue weighted by molar-refractivity contribution is 5.35. The van der Waals surface area contributed by atoms with Crippen molar-refractivity contribution in [3.8, 4) is 17.9 Å². The Morgan fingerprint density at radius 2 is 1.90 bits per heavy atom. The Hall–Kier alpha value is -2.04. The first-order chi connectivity index (χ1) is 9.55. The van der Waals surface area contributed by atoms with Crippen LogP contribution in [0.25, 0.3) is 0 Å². The summed E-state index contributed by atoms with van der Waals surface area (Å²) in [6.07, 6.45) is 0.712. The van der Waals surface area contributed by atoms with Crippen molar-refractivity contribution >= 4 is 0 Å². The van der Waals surface area contributed by atoms with Crippen molar-refractivity contribution in [3.05, 3.63) is 29.8 Å². The average Bonchev–Trinajstić information content (AvgIpc) is 2.47. The van der Waals surface area contributed by atoms with E-state index in [2.05, 4.69) is 6.07 Å². The first kappa shape index (κ1) is 16.0. The predicted octanol–water partition coefficient (Wildman–Crippen LogP) is 3.53. The zero-order chi connectivity index (χ0) is 15.0. The number of hydrogen-bond acceptors (Lipinski definition) is 4. The lowest BCUT2D eigenvalue weighted by Crippen LogP contribution is -2.19. The van der Waals surface area contributed by atoms with Gasteiger partial charge in [0, 0.05) is 0 Å². The molecule has 0 radical (unpaired) electrons. The molecule has 0 spiro atoms. The molecule has 0 bridgehead atoms. The summed E-state index contributed by atoms with van der Waals surface area (Å²) in [5.74, 6) is 0.689. The molecule has 0 aliphatic rings. The van der Waals surface area contributed by atoms with Gasteiger partial charge in [-0.25, -0.2) is 0 Å². The minimum Gasteiger partial charge on any atom is -0.465 e. The lowest BCUT2D eigenvalue weighted by molar-refractivity contribution is -0.0645. The third kappa shape index (κ3) is 4.26. The van der Waals surface area contributed by atoms with Crippen molar-refractivity contribution in [3.63, 3.8) is 0 Å². The Kier molecular flexibility index (Phi) is 6.03. The summed E-state index contributed by atoms with van der Waals surface area (Å²) in [6.45, 7) is 6.07. The van der Waals surface area contributed by atoms with Crippen LogP contribution in [-0.2, 0) is 10.2 Å². The highest BCUT2D eigenvalue weighted by Gasteiger charge is 2.23. The molecule has 0 aliphatic heterocycles. The van der Waals surface area contributed by atoms with E-state index in [1.807, 2.05) is 44.2 Å². The fourth-order valence-electron chi connectivity index (χ4n) is 1.75. The second kappa shape index (κ2) is 7.53. The van der Waals surface area contributed by atoms with Gasteiger partial charge in [0.2, 0.25) is 0 Å². The van der Waals surface area contributed by atoms with Gasteiger partial charge in [-0.15, -0.1) is 0 Å². The molecule has 20 heavy (non-hydrogen) atoms. The molecular weight excluding hydrogens is 252 g/mol. The molecule has 106 valence electrons. The Balaban J connectivity index is 2.64. The van der Waals surface area contributed by atoms with Gasteiger partial charge in [-0.05, 0) is 38.0 Å². The summed E-state index contributed by atoms with van der Waals surface area (Å²) >= 11 is 0. The molecule has 1 aromatic carbocycles. The second-order valence-electron chi connectivity index (χ2n) is 4.79. The van der Waals surface area contributed by atoms with Gasteiger partial charge in [0.05, 0.1) is 30.6 Å². The molecule has 4 heteroatoms. The first-order valence-corrected chi connectivity index (χ1v) is 6.72. The van der Waals surface area contributed by atoms with Crippen LogP contribution in [0.3, 0.4) is 0 Å². The zero-order valence-corrected chi connectivity index (χ0v) is 12.2. The molecule has 0 aliphatic carbocycles. The Morgan fingerprint density at radius 1 is 1.25 bits per heavy atom. The zero-order valence-electron chi connectivity index (χ0n) is 12.2. The van der Waals surface area contributed by atoms with Crippen LogP contribution < -0.4 is 4.74 Å². The number of benzene rings is 1. The normalized spacial score (nSPS) is 14.7. The minimum atomic E-state index is -0.465. The van der Waals surface area contributed by atoms with Crippen LogP contribution in [-0.4, -0.2) is 12.9 Å². The largest absolute Gasteiger partial charge is 0.465 e. The van der Waals surface area contributed by atoms with Crippen molar-refractivity contribution in [2.24, 2.45) is 0 Å². The van der Waals surface area contributed by atoms with Gasteiger partial charge in [0.1, 0.15) is 5.75 Å². The summed E-state index contributed by atoms with van der Waals surface area (Å²) in [6, 6.07) is 11.8. The van der Waals surface area contributed by atoms with E-state index in [1.54, 1.807) is 6.92 Å². The maximum absolute atomic E-state index is 9.25. The summed E-state index contributed by atoms with van der Waals surface area (Å²) in [5, 5.41) is 17.7. The van der Waals surface area contributed by atoms with Crippen LogP contribution in [0.1, 0.15) is 39.2 Å². The fourth-order valence-corrected chi connectivity index (χ4v) is 1.75. The molecule has 0 fully saturated rings. The van der Waals surface area contributed by atoms with Crippen molar-refractivity contribution in [1.82, 2.24) is 0 Å². The molecule has 2 atom stereocenters. The van der Waals surface area contributed by atoms with Crippen LogP contribution in [0.5, 0.6) is 5.75 Å². The Labute approximate surface area is 120 Å². The minimum absolute atomic E-state index is 0.351. The number of nitrogens with zero attached hydrogens (tertiary/aromatic N) is 2. The monoisotopic (exact) mass is 272 g/mol. The lowest BCUT2D eigenvalue weighted by atomic mass is 9.82. The average molecular weight is 272 g/mol. The maximum Gasteiger partial charge on any atom is 0.197 e. The number of nitriles is 2. The van der Waals surface area contributed by atoms with Gasteiger partial charge in [-0.3, -0.25) is 0 Å². The number of hydrogen-bond donors (Lipinski definition) is 0. The smallest absolute Gasteiger partial charge is 0.197 e. The summed E-state index contributed by atoms with van der Waals surface area (Å²) in [7, 11) is 0. The predicted molar refractivity (Wildman–Crippen MR) is 76.0 cm³/mol. The van der Waals surface area contributed by atoms with E-state index >= 15 is 0 Å². The highest BCUT2D eigenvalue weighted by Crippen LogP contribution is 2.28. The third-order valence-corrected chi connectivity index (χ3v) is 3.31. The molecule has 4 nitrogen and oxygen atoms in total. The molecule has 0 amide bonds. The van der Waals surface area contributed by atoms with Crippen molar-refractivity contribution in [2.45, 2.75) is 45.3 Å². The second-order valence-corrected chi connectivity index (χ2v) is 4.79. The van der Waals surface area contributed by atoms with E-state index < -0.39 is 11.7 Å². The van der Waals surface area contributed by atoms with Gasteiger partial charge in [0.25, 0.3) is 0 Å². The van der Waals surface area contributed by atoms with Crippen molar-refractivity contribution in [1.29, 1.82) is 10.5 Å². The van der Waals surface area contributed by atoms with Gasteiger partial charge >= 0.3 is 0 Å².